The van der Waals surface area contributed by atoms with E-state index >= 15 is 0 Å². The van der Waals surface area contributed by atoms with Crippen LogP contribution in [-0.2, 0) is 30.4 Å². The Hall–Kier alpha value is -3.12. The molecule has 1 aromatic carbocycles. The van der Waals surface area contributed by atoms with Crippen molar-refractivity contribution in [2.45, 2.75) is 95.0 Å². The Morgan fingerprint density at radius 1 is 1.12 bits per heavy atom. The summed E-state index contributed by atoms with van der Waals surface area (Å²) < 4.78 is 5.13. The molecule has 0 aliphatic rings. The number of aliphatic carboxylic acids is 1. The molecule has 0 heterocycles. The fourth-order valence-electron chi connectivity index (χ4n) is 3.81. The molecule has 0 radical (unpaired) electrons. The van der Waals surface area contributed by atoms with E-state index in [1.54, 1.807) is 12.1 Å². The summed E-state index contributed by atoms with van der Waals surface area (Å²) in [6.07, 6.45) is 5.30. The van der Waals surface area contributed by atoms with Gasteiger partial charge in [-0.15, -0.1) is 0 Å². The van der Waals surface area contributed by atoms with Gasteiger partial charge in [0.25, 0.3) is 0 Å². The first-order chi connectivity index (χ1) is 19.0. The van der Waals surface area contributed by atoms with Gasteiger partial charge >= 0.3 is 5.97 Å². The summed E-state index contributed by atoms with van der Waals surface area (Å²) in [5.41, 5.74) is 6.41. The van der Waals surface area contributed by atoms with Crippen molar-refractivity contribution in [3.63, 3.8) is 0 Å². The van der Waals surface area contributed by atoms with E-state index < -0.39 is 35.9 Å². The molecule has 4 atom stereocenters. The first-order valence-electron chi connectivity index (χ1n) is 13.5. The smallest absolute Gasteiger partial charge is 0.325 e. The Kier molecular flexibility index (Phi) is 16.6. The van der Waals surface area contributed by atoms with Gasteiger partial charge in [-0.25, -0.2) is 0 Å². The Labute approximate surface area is 240 Å². The number of nitrogens with two attached hydrogens (primary N) is 1. The first kappa shape index (κ1) is 34.9. The van der Waals surface area contributed by atoms with Gasteiger partial charge in [0.2, 0.25) is 11.8 Å². The second-order valence-corrected chi connectivity index (χ2v) is 11.1. The van der Waals surface area contributed by atoms with Crippen molar-refractivity contribution in [2.24, 2.45) is 5.73 Å². The van der Waals surface area contributed by atoms with Gasteiger partial charge in [0.15, 0.2) is 11.5 Å². The van der Waals surface area contributed by atoms with Gasteiger partial charge in [-0.2, -0.15) is 11.8 Å². The summed E-state index contributed by atoms with van der Waals surface area (Å²) in [4.78, 5) is 60.2. The van der Waals surface area contributed by atoms with Gasteiger partial charge in [-0.3, -0.25) is 19.2 Å². The van der Waals surface area contributed by atoms with Crippen molar-refractivity contribution in [1.82, 2.24) is 10.6 Å². The number of aldehydes is 1. The molecule has 2 amide bonds. The summed E-state index contributed by atoms with van der Waals surface area (Å²) in [7, 11) is 1.46. The van der Waals surface area contributed by atoms with E-state index in [0.717, 1.165) is 31.2 Å². The number of unbranched alkanes of at least 4 members (excludes halogenated alkanes) is 2. The lowest BCUT2D eigenvalue weighted by molar-refractivity contribution is -0.141. The van der Waals surface area contributed by atoms with Crippen LogP contribution in [0.3, 0.4) is 0 Å². The summed E-state index contributed by atoms with van der Waals surface area (Å²) in [5.74, 6) is -1.78. The van der Waals surface area contributed by atoms with Crippen LogP contribution in [0.5, 0.6) is 11.5 Å². The average molecular weight is 582 g/mol. The molecule has 4 unspecified atom stereocenters. The van der Waals surface area contributed by atoms with Gasteiger partial charge in [-0.1, -0.05) is 32.3 Å². The Morgan fingerprint density at radius 3 is 2.48 bits per heavy atom. The SMILES string of the molecule is CCCCCC(CC(=O)CCc1ccc(O)c(OC)c1)SCC(NC(=O)CCC(N)C=O)C(=O)NC(C)C(=O)O. The number of Topliss-reactive ketones (excluding diaryl/α,β-unsaturated/α-hetero) is 1. The van der Waals surface area contributed by atoms with Crippen LogP contribution in [0.4, 0.5) is 0 Å². The molecular weight excluding hydrogens is 538 g/mol. The second-order valence-electron chi connectivity index (χ2n) is 9.73. The number of ketones is 1. The zero-order valence-corrected chi connectivity index (χ0v) is 24.3. The minimum Gasteiger partial charge on any atom is -0.504 e. The third kappa shape index (κ3) is 13.8. The molecule has 0 saturated heterocycles. The number of benzene rings is 1. The molecule has 1 aromatic rings. The van der Waals surface area contributed by atoms with Crippen LogP contribution in [-0.4, -0.2) is 76.3 Å². The highest BCUT2D eigenvalue weighted by atomic mass is 32.2. The normalized spacial score (nSPS) is 13.9. The molecule has 12 heteroatoms. The summed E-state index contributed by atoms with van der Waals surface area (Å²) in [5, 5.41) is 23.9. The van der Waals surface area contributed by atoms with Crippen LogP contribution >= 0.6 is 11.8 Å². The molecule has 0 aliphatic carbocycles. The van der Waals surface area contributed by atoms with Gasteiger partial charge < -0.3 is 36.1 Å². The van der Waals surface area contributed by atoms with Crippen molar-refractivity contribution in [1.29, 1.82) is 0 Å². The lowest BCUT2D eigenvalue weighted by Gasteiger charge is -2.23. The van der Waals surface area contributed by atoms with E-state index in [4.69, 9.17) is 15.6 Å². The number of hydrogen-bond donors (Lipinski definition) is 5. The van der Waals surface area contributed by atoms with Gasteiger partial charge in [0, 0.05) is 30.3 Å². The van der Waals surface area contributed by atoms with Gasteiger partial charge in [0.05, 0.1) is 13.2 Å². The van der Waals surface area contributed by atoms with E-state index in [9.17, 15) is 29.1 Å². The number of carbonyl (C=O) groups is 5. The van der Waals surface area contributed by atoms with Crippen molar-refractivity contribution in [2.75, 3.05) is 12.9 Å². The highest BCUT2D eigenvalue weighted by Crippen LogP contribution is 2.27. The summed E-state index contributed by atoms with van der Waals surface area (Å²) in [6, 6.07) is 1.99. The van der Waals surface area contributed by atoms with Crippen molar-refractivity contribution in [3.05, 3.63) is 23.8 Å². The van der Waals surface area contributed by atoms with E-state index in [1.807, 2.05) is 0 Å². The number of aromatic hydroxyl groups is 1. The third-order valence-corrected chi connectivity index (χ3v) is 7.68. The lowest BCUT2D eigenvalue weighted by Crippen LogP contribution is -2.52. The van der Waals surface area contributed by atoms with Crippen molar-refractivity contribution < 1.29 is 38.9 Å². The maximum absolute atomic E-state index is 12.9. The zero-order chi connectivity index (χ0) is 30.1. The minimum absolute atomic E-state index is 0.0278. The molecule has 0 saturated carbocycles. The number of nitrogens with one attached hydrogen (secondary N) is 2. The first-order valence-corrected chi connectivity index (χ1v) is 14.6. The highest BCUT2D eigenvalue weighted by molar-refractivity contribution is 8.00. The molecule has 0 aromatic heterocycles. The molecule has 0 bridgehead atoms. The molecule has 1 rings (SSSR count). The molecular formula is C28H43N3O8S. The number of carbonyl (C=O) groups excluding carboxylic acids is 4. The van der Waals surface area contributed by atoms with Crippen molar-refractivity contribution in [3.8, 4) is 11.5 Å². The van der Waals surface area contributed by atoms with Crippen LogP contribution in [0, 0.1) is 0 Å². The number of phenols is 1. The maximum Gasteiger partial charge on any atom is 0.325 e. The van der Waals surface area contributed by atoms with Crippen LogP contribution in [0.1, 0.15) is 70.8 Å². The number of thioether (sulfide) groups is 1. The van der Waals surface area contributed by atoms with E-state index in [2.05, 4.69) is 17.6 Å². The molecule has 0 aliphatic heterocycles. The van der Waals surface area contributed by atoms with Crippen LogP contribution in [0.25, 0.3) is 0 Å². The Morgan fingerprint density at radius 2 is 1.85 bits per heavy atom. The molecule has 6 N–H and O–H groups in total. The molecule has 0 fully saturated rings. The number of phenolic OH excluding ortho intramolecular Hbond substituents is 1. The quantitative estimate of drug-likeness (QED) is 0.107. The standard InChI is InChI=1S/C28H43N3O8S/c1-4-5-6-7-22(15-21(33)11-8-19-9-12-24(34)25(14-19)39-3)40-17-23(27(36)30-18(2)28(37)38)31-26(35)13-10-20(29)16-32/h9,12,14,16,18,20,22-23,34H,4-8,10-11,13,15,17,29H2,1-3H3,(H,30,36)(H,31,35)(H,37,38). The lowest BCUT2D eigenvalue weighted by atomic mass is 10.0. The largest absolute Gasteiger partial charge is 0.504 e. The van der Waals surface area contributed by atoms with Gasteiger partial charge in [0.1, 0.15) is 24.2 Å². The zero-order valence-electron chi connectivity index (χ0n) is 23.5. The predicted octanol–water partition coefficient (Wildman–Crippen LogP) is 2.36. The fourth-order valence-corrected chi connectivity index (χ4v) is 5.14. The number of carboxylic acids is 1. The maximum atomic E-state index is 12.9. The van der Waals surface area contributed by atoms with Crippen LogP contribution in [0.15, 0.2) is 18.2 Å². The molecule has 224 valence electrons. The Bertz CT molecular complexity index is 990. The monoisotopic (exact) mass is 581 g/mol. The van der Waals surface area contributed by atoms with E-state index in [1.165, 1.54) is 31.9 Å². The summed E-state index contributed by atoms with van der Waals surface area (Å²) in [6.45, 7) is 3.40. The number of aryl methyl sites for hydroxylation is 1. The van der Waals surface area contributed by atoms with Gasteiger partial charge in [-0.05, 0) is 43.9 Å². The topological polar surface area (TPSA) is 185 Å². The summed E-state index contributed by atoms with van der Waals surface area (Å²) >= 11 is 1.40. The average Bonchev–Trinajstić information content (AvgIpc) is 2.92. The van der Waals surface area contributed by atoms with Crippen LogP contribution in [0.2, 0.25) is 0 Å². The molecule has 11 nitrogen and oxygen atoms in total. The molecule has 0 spiro atoms. The van der Waals surface area contributed by atoms with Crippen LogP contribution < -0.4 is 21.1 Å². The highest BCUT2D eigenvalue weighted by Gasteiger charge is 2.26. The number of rotatable bonds is 21. The minimum atomic E-state index is -1.21. The Balaban J connectivity index is 2.87. The second kappa shape index (κ2) is 19.0. The number of ether oxygens (including phenoxy) is 1. The number of hydrogen-bond acceptors (Lipinski definition) is 9. The van der Waals surface area contributed by atoms with E-state index in [0.29, 0.717) is 24.9 Å². The number of carboxylic acid groups (broad SMARTS) is 1. The number of amides is 2. The van der Waals surface area contributed by atoms with Crippen molar-refractivity contribution >= 4 is 41.6 Å². The number of methoxy groups -OCH3 is 1. The predicted molar refractivity (Wildman–Crippen MR) is 153 cm³/mol. The third-order valence-electron chi connectivity index (χ3n) is 6.28. The molecule has 40 heavy (non-hydrogen) atoms. The van der Waals surface area contributed by atoms with E-state index in [-0.39, 0.29) is 41.8 Å². The fraction of sp³-hybridized carbons (Fsp3) is 0.607.